The van der Waals surface area contributed by atoms with Crippen molar-refractivity contribution in [3.63, 3.8) is 0 Å². The van der Waals surface area contributed by atoms with Crippen LogP contribution in [0.1, 0.15) is 25.8 Å². The first-order valence-corrected chi connectivity index (χ1v) is 12.3. The molecule has 4 rings (SSSR count). The maximum atomic E-state index is 13.5. The number of fused-ring (bicyclic) bond motifs is 2. The number of hydrogen-bond donors (Lipinski definition) is 4. The molecule has 0 aliphatic carbocycles. The third kappa shape index (κ3) is 4.78. The molecule has 0 bridgehead atoms. The molecule has 0 saturated carbocycles. The monoisotopic (exact) mass is 499 g/mol. The second-order valence-corrected chi connectivity index (χ2v) is 10.00. The SMILES string of the molecule is CC(C)CCNn1c(=O)c(C2=NS(=O)(=O)c3cc(OCC(N)=O)ccc3N2)c(O)c2ccccc21. The van der Waals surface area contributed by atoms with E-state index in [4.69, 9.17) is 10.5 Å². The molecule has 0 unspecified atom stereocenters. The zero-order valence-corrected chi connectivity index (χ0v) is 19.9. The maximum Gasteiger partial charge on any atom is 0.286 e. The predicted molar refractivity (Wildman–Crippen MR) is 132 cm³/mol. The van der Waals surface area contributed by atoms with Gasteiger partial charge in [0, 0.05) is 18.0 Å². The Morgan fingerprint density at radius 1 is 1.26 bits per heavy atom. The second-order valence-electron chi connectivity index (χ2n) is 8.42. The molecule has 0 atom stereocenters. The summed E-state index contributed by atoms with van der Waals surface area (Å²) in [4.78, 5) is 24.2. The Morgan fingerprint density at radius 3 is 2.71 bits per heavy atom. The number of ether oxygens (including phenoxy) is 1. The highest BCUT2D eigenvalue weighted by molar-refractivity contribution is 7.90. The number of amides is 1. The van der Waals surface area contributed by atoms with E-state index in [2.05, 4.69) is 29.0 Å². The lowest BCUT2D eigenvalue weighted by Crippen LogP contribution is -2.37. The van der Waals surface area contributed by atoms with Crippen molar-refractivity contribution in [2.75, 3.05) is 23.9 Å². The molecule has 12 heteroatoms. The van der Waals surface area contributed by atoms with Gasteiger partial charge in [0.25, 0.3) is 21.5 Å². The van der Waals surface area contributed by atoms with Crippen LogP contribution in [0.15, 0.2) is 56.6 Å². The van der Waals surface area contributed by atoms with Gasteiger partial charge in [-0.05, 0) is 36.6 Å². The number of aromatic hydroxyl groups is 1. The summed E-state index contributed by atoms with van der Waals surface area (Å²) in [6.45, 7) is 4.17. The number of benzene rings is 2. The van der Waals surface area contributed by atoms with Gasteiger partial charge in [-0.25, -0.2) is 4.68 Å². The topological polar surface area (TPSA) is 165 Å². The fourth-order valence-electron chi connectivity index (χ4n) is 3.65. The zero-order chi connectivity index (χ0) is 25.3. The molecular formula is C23H25N5O6S. The third-order valence-electron chi connectivity index (χ3n) is 5.36. The van der Waals surface area contributed by atoms with Crippen LogP contribution in [-0.4, -0.2) is 43.1 Å². The summed E-state index contributed by atoms with van der Waals surface area (Å²) in [6, 6.07) is 10.8. The van der Waals surface area contributed by atoms with Crippen molar-refractivity contribution < 1.29 is 23.1 Å². The van der Waals surface area contributed by atoms with E-state index in [0.29, 0.717) is 23.4 Å². The molecule has 0 fully saturated rings. The predicted octanol–water partition coefficient (Wildman–Crippen LogP) is 1.72. The average Bonchev–Trinajstić information content (AvgIpc) is 2.79. The molecule has 35 heavy (non-hydrogen) atoms. The van der Waals surface area contributed by atoms with Crippen molar-refractivity contribution in [2.45, 2.75) is 25.2 Å². The van der Waals surface area contributed by atoms with Crippen LogP contribution in [0.25, 0.3) is 10.9 Å². The summed E-state index contributed by atoms with van der Waals surface area (Å²) >= 11 is 0. The molecule has 1 aliphatic heterocycles. The molecule has 5 N–H and O–H groups in total. The lowest BCUT2D eigenvalue weighted by molar-refractivity contribution is -0.119. The Hall–Kier alpha value is -4.06. The minimum absolute atomic E-state index is 0.108. The van der Waals surface area contributed by atoms with Gasteiger partial charge >= 0.3 is 0 Å². The lowest BCUT2D eigenvalue weighted by Gasteiger charge is -2.21. The van der Waals surface area contributed by atoms with Crippen LogP contribution in [0, 0.1) is 5.92 Å². The van der Waals surface area contributed by atoms with Crippen LogP contribution in [0.4, 0.5) is 5.69 Å². The number of carbonyl (C=O) groups is 1. The summed E-state index contributed by atoms with van der Waals surface area (Å²) < 4.78 is 36.2. The molecule has 1 aromatic heterocycles. The molecule has 2 aromatic carbocycles. The summed E-state index contributed by atoms with van der Waals surface area (Å²) in [5, 5.41) is 14.2. The van der Waals surface area contributed by atoms with Gasteiger partial charge < -0.3 is 26.3 Å². The van der Waals surface area contributed by atoms with Crippen LogP contribution >= 0.6 is 0 Å². The number of pyridine rings is 1. The number of sulfonamides is 1. The molecule has 11 nitrogen and oxygen atoms in total. The highest BCUT2D eigenvalue weighted by atomic mass is 32.2. The quantitative estimate of drug-likeness (QED) is 0.364. The number of para-hydroxylation sites is 1. The van der Waals surface area contributed by atoms with E-state index >= 15 is 0 Å². The number of amidine groups is 1. The highest BCUT2D eigenvalue weighted by Gasteiger charge is 2.30. The van der Waals surface area contributed by atoms with Crippen LogP contribution in [0.5, 0.6) is 11.5 Å². The van der Waals surface area contributed by atoms with Gasteiger partial charge in [0.05, 0.1) is 11.2 Å². The van der Waals surface area contributed by atoms with E-state index in [1.807, 2.05) is 0 Å². The molecule has 1 amide bonds. The molecule has 184 valence electrons. The van der Waals surface area contributed by atoms with Crippen LogP contribution in [0.2, 0.25) is 0 Å². The highest BCUT2D eigenvalue weighted by Crippen LogP contribution is 2.34. The van der Waals surface area contributed by atoms with Gasteiger partial charge in [0.2, 0.25) is 0 Å². The van der Waals surface area contributed by atoms with E-state index in [1.165, 1.54) is 22.9 Å². The zero-order valence-electron chi connectivity index (χ0n) is 19.1. The summed E-state index contributed by atoms with van der Waals surface area (Å²) in [5.41, 5.74) is 7.76. The van der Waals surface area contributed by atoms with Gasteiger partial charge in [-0.2, -0.15) is 8.42 Å². The van der Waals surface area contributed by atoms with Gasteiger partial charge in [-0.15, -0.1) is 4.40 Å². The minimum Gasteiger partial charge on any atom is -0.506 e. The minimum atomic E-state index is -4.28. The normalized spacial score (nSPS) is 14.2. The number of anilines is 1. The number of nitrogens with zero attached hydrogens (tertiary/aromatic N) is 2. The van der Waals surface area contributed by atoms with Gasteiger partial charge in [0.15, 0.2) is 12.4 Å². The van der Waals surface area contributed by atoms with Crippen LogP contribution in [-0.2, 0) is 14.8 Å². The maximum absolute atomic E-state index is 13.5. The third-order valence-corrected chi connectivity index (χ3v) is 6.68. The molecule has 0 saturated heterocycles. The lowest BCUT2D eigenvalue weighted by atomic mass is 10.1. The van der Waals surface area contributed by atoms with E-state index in [9.17, 15) is 23.1 Å². The molecule has 2 heterocycles. The number of hydrogen-bond acceptors (Lipinski definition) is 8. The van der Waals surface area contributed by atoms with E-state index in [-0.39, 0.29) is 33.5 Å². The van der Waals surface area contributed by atoms with Crippen molar-refractivity contribution in [1.82, 2.24) is 4.68 Å². The van der Waals surface area contributed by atoms with Crippen LogP contribution < -0.4 is 26.8 Å². The van der Waals surface area contributed by atoms with E-state index < -0.39 is 28.1 Å². The Bertz CT molecular complexity index is 1510. The molecular weight excluding hydrogens is 474 g/mol. The fraction of sp³-hybridized carbons (Fsp3) is 0.261. The molecule has 1 aliphatic rings. The van der Waals surface area contributed by atoms with Crippen molar-refractivity contribution in [3.8, 4) is 11.5 Å². The van der Waals surface area contributed by atoms with E-state index in [1.54, 1.807) is 24.3 Å². The number of nitrogens with two attached hydrogens (primary N) is 1. The Labute approximate surface area is 201 Å². The van der Waals surface area contributed by atoms with Crippen molar-refractivity contribution >= 4 is 38.4 Å². The Kier molecular flexibility index (Phi) is 6.39. The first-order chi connectivity index (χ1) is 16.6. The van der Waals surface area contributed by atoms with Crippen LogP contribution in [0.3, 0.4) is 0 Å². The summed E-state index contributed by atoms with van der Waals surface area (Å²) in [7, 11) is -4.28. The standard InChI is InChI=1S/C23H25N5O6S/c1-13(2)9-10-25-28-17-6-4-3-5-15(17)21(30)20(23(28)31)22-26-16-8-7-14(34-12-19(24)29)11-18(16)35(32,33)27-22/h3-8,11,13,25,30H,9-10,12H2,1-2H3,(H2,24,29)(H,26,27). The van der Waals surface area contributed by atoms with E-state index in [0.717, 1.165) is 6.42 Å². The van der Waals surface area contributed by atoms with Crippen molar-refractivity contribution in [3.05, 3.63) is 58.4 Å². The first kappa shape index (κ1) is 24.1. The number of rotatable bonds is 8. The Morgan fingerprint density at radius 2 is 2.00 bits per heavy atom. The fourth-order valence-corrected chi connectivity index (χ4v) is 4.79. The molecule has 3 aromatic rings. The van der Waals surface area contributed by atoms with Gasteiger partial charge in [-0.1, -0.05) is 26.0 Å². The second kappa shape index (κ2) is 9.29. The number of aromatic nitrogens is 1. The Balaban J connectivity index is 1.82. The number of nitrogens with one attached hydrogen (secondary N) is 2. The van der Waals surface area contributed by atoms with Crippen molar-refractivity contribution in [2.24, 2.45) is 16.0 Å². The molecule has 0 spiro atoms. The average molecular weight is 500 g/mol. The van der Waals surface area contributed by atoms with Gasteiger partial charge in [0.1, 0.15) is 22.0 Å². The first-order valence-electron chi connectivity index (χ1n) is 10.9. The number of carbonyl (C=O) groups excluding carboxylic acids is 1. The smallest absolute Gasteiger partial charge is 0.286 e. The largest absolute Gasteiger partial charge is 0.506 e. The summed E-state index contributed by atoms with van der Waals surface area (Å²) in [6.07, 6.45) is 0.790. The van der Waals surface area contributed by atoms with Crippen molar-refractivity contribution in [1.29, 1.82) is 0 Å². The summed E-state index contributed by atoms with van der Waals surface area (Å²) in [5.74, 6) is -0.912. The molecule has 0 radical (unpaired) electrons. The number of primary amides is 1. The van der Waals surface area contributed by atoms with Gasteiger partial charge in [-0.3, -0.25) is 9.59 Å².